The van der Waals surface area contributed by atoms with Crippen LogP contribution in [0.25, 0.3) is 0 Å². The number of aromatic hydroxyl groups is 1. The van der Waals surface area contributed by atoms with E-state index in [0.29, 0.717) is 12.2 Å². The average molecular weight is 224 g/mol. The van der Waals surface area contributed by atoms with Gasteiger partial charge in [-0.3, -0.25) is 0 Å². The first-order valence-corrected chi connectivity index (χ1v) is 4.46. The fraction of sp³-hybridized carbons (Fsp3) is 0.200. The molecule has 3 N–H and O–H groups in total. The van der Waals surface area contributed by atoms with E-state index in [1.807, 2.05) is 0 Å². The van der Waals surface area contributed by atoms with Crippen LogP contribution in [0.5, 0.6) is 5.75 Å². The van der Waals surface area contributed by atoms with Crippen LogP contribution < -0.4 is 0 Å². The smallest absolute Gasteiger partial charge is 0.336 e. The van der Waals surface area contributed by atoms with Crippen molar-refractivity contribution >= 4 is 11.9 Å². The topological polar surface area (TPSA) is 107 Å². The Bertz CT molecular complexity index is 474. The van der Waals surface area contributed by atoms with Crippen molar-refractivity contribution < 1.29 is 29.6 Å². The van der Waals surface area contributed by atoms with E-state index in [2.05, 4.69) is 0 Å². The van der Waals surface area contributed by atoms with E-state index < -0.39 is 17.5 Å². The average Bonchev–Trinajstić information content (AvgIpc) is 3.00. The Morgan fingerprint density at radius 2 is 1.69 bits per heavy atom. The van der Waals surface area contributed by atoms with E-state index in [1.54, 1.807) is 0 Å². The SMILES string of the molecule is O=C(O)c1cc(O)c(C2CO2)cc1C(=O)O. The number of hydrogen-bond donors (Lipinski definition) is 3. The molecule has 0 aromatic heterocycles. The number of epoxide rings is 1. The quantitative estimate of drug-likeness (QED) is 0.657. The van der Waals surface area contributed by atoms with Crippen molar-refractivity contribution in [1.29, 1.82) is 0 Å². The molecule has 1 aromatic carbocycles. The van der Waals surface area contributed by atoms with Crippen LogP contribution in [-0.4, -0.2) is 33.9 Å². The maximum absolute atomic E-state index is 10.8. The number of phenolic OH excluding ortho intramolecular Hbond substituents is 1. The lowest BCUT2D eigenvalue weighted by atomic mass is 10.0. The molecule has 1 aromatic rings. The highest BCUT2D eigenvalue weighted by atomic mass is 16.6. The zero-order valence-corrected chi connectivity index (χ0v) is 8.01. The Balaban J connectivity index is 2.58. The summed E-state index contributed by atoms with van der Waals surface area (Å²) in [4.78, 5) is 21.6. The number of phenols is 1. The molecule has 1 aliphatic rings. The standard InChI is InChI=1S/C10H8O6/c11-7-2-5(10(14)15)4(9(12)13)1-6(7)8-3-16-8/h1-2,8,11H,3H2,(H,12,13)(H,14,15). The third-order valence-electron chi connectivity index (χ3n) is 2.31. The Kier molecular flexibility index (Phi) is 2.28. The van der Waals surface area contributed by atoms with Crippen molar-refractivity contribution in [2.45, 2.75) is 6.10 Å². The van der Waals surface area contributed by atoms with Gasteiger partial charge in [0.1, 0.15) is 11.9 Å². The van der Waals surface area contributed by atoms with E-state index >= 15 is 0 Å². The fourth-order valence-electron chi connectivity index (χ4n) is 1.44. The van der Waals surface area contributed by atoms with Crippen LogP contribution in [0.15, 0.2) is 12.1 Å². The number of hydrogen-bond acceptors (Lipinski definition) is 4. The molecule has 16 heavy (non-hydrogen) atoms. The summed E-state index contributed by atoms with van der Waals surface area (Å²) < 4.78 is 4.91. The molecule has 1 heterocycles. The van der Waals surface area contributed by atoms with Crippen LogP contribution in [0.3, 0.4) is 0 Å². The largest absolute Gasteiger partial charge is 0.508 e. The molecule has 1 aliphatic heterocycles. The molecule has 0 saturated carbocycles. The lowest BCUT2D eigenvalue weighted by Crippen LogP contribution is -2.08. The summed E-state index contributed by atoms with van der Waals surface area (Å²) in [5.41, 5.74) is -0.479. The molecular formula is C10H8O6. The van der Waals surface area contributed by atoms with Gasteiger partial charge in [-0.15, -0.1) is 0 Å². The molecule has 0 amide bonds. The number of rotatable bonds is 3. The van der Waals surface area contributed by atoms with Gasteiger partial charge in [0.25, 0.3) is 0 Å². The van der Waals surface area contributed by atoms with Crippen LogP contribution in [0, 0.1) is 0 Å². The van der Waals surface area contributed by atoms with E-state index in [-0.39, 0.29) is 17.4 Å². The van der Waals surface area contributed by atoms with Gasteiger partial charge in [0.15, 0.2) is 0 Å². The number of carbonyl (C=O) groups is 2. The Hall–Kier alpha value is -2.08. The van der Waals surface area contributed by atoms with Gasteiger partial charge >= 0.3 is 11.9 Å². The van der Waals surface area contributed by atoms with Gasteiger partial charge < -0.3 is 20.1 Å². The van der Waals surface area contributed by atoms with Crippen molar-refractivity contribution in [3.05, 3.63) is 28.8 Å². The molecule has 84 valence electrons. The van der Waals surface area contributed by atoms with E-state index in [0.717, 1.165) is 12.1 Å². The van der Waals surface area contributed by atoms with Gasteiger partial charge in [0.2, 0.25) is 0 Å². The third-order valence-corrected chi connectivity index (χ3v) is 2.31. The summed E-state index contributed by atoms with van der Waals surface area (Å²) >= 11 is 0. The zero-order chi connectivity index (χ0) is 11.9. The van der Waals surface area contributed by atoms with Gasteiger partial charge in [-0.05, 0) is 12.1 Å². The Morgan fingerprint density at radius 1 is 1.19 bits per heavy atom. The van der Waals surface area contributed by atoms with E-state index in [1.165, 1.54) is 0 Å². The minimum Gasteiger partial charge on any atom is -0.508 e. The molecule has 0 aliphatic carbocycles. The summed E-state index contributed by atoms with van der Waals surface area (Å²) in [5, 5.41) is 27.1. The van der Waals surface area contributed by atoms with Crippen molar-refractivity contribution in [3.8, 4) is 5.75 Å². The number of aromatic carboxylic acids is 2. The number of ether oxygens (including phenoxy) is 1. The lowest BCUT2D eigenvalue weighted by Gasteiger charge is -2.06. The van der Waals surface area contributed by atoms with Crippen molar-refractivity contribution in [2.24, 2.45) is 0 Å². The zero-order valence-electron chi connectivity index (χ0n) is 8.01. The summed E-state index contributed by atoms with van der Waals surface area (Å²) in [6, 6.07) is 2.07. The first-order valence-electron chi connectivity index (χ1n) is 4.46. The molecule has 1 unspecified atom stereocenters. The van der Waals surface area contributed by atoms with Gasteiger partial charge in [0.05, 0.1) is 17.7 Å². The first-order chi connectivity index (χ1) is 7.50. The van der Waals surface area contributed by atoms with Gasteiger partial charge in [-0.1, -0.05) is 0 Å². The highest BCUT2D eigenvalue weighted by molar-refractivity contribution is 6.02. The Labute approximate surface area is 89.7 Å². The van der Waals surface area contributed by atoms with Crippen LogP contribution in [0.4, 0.5) is 0 Å². The summed E-state index contributed by atoms with van der Waals surface area (Å²) in [6.07, 6.45) is -0.332. The molecule has 0 spiro atoms. The molecule has 6 heteroatoms. The van der Waals surface area contributed by atoms with Crippen LogP contribution in [0.2, 0.25) is 0 Å². The lowest BCUT2D eigenvalue weighted by molar-refractivity contribution is 0.0651. The maximum atomic E-state index is 10.8. The monoisotopic (exact) mass is 224 g/mol. The van der Waals surface area contributed by atoms with Gasteiger partial charge in [-0.2, -0.15) is 0 Å². The number of carboxylic acid groups (broad SMARTS) is 2. The molecule has 2 rings (SSSR count). The summed E-state index contributed by atoms with van der Waals surface area (Å²) in [5.74, 6) is -3.00. The van der Waals surface area contributed by atoms with Crippen molar-refractivity contribution in [3.63, 3.8) is 0 Å². The molecular weight excluding hydrogens is 216 g/mol. The first kappa shape index (κ1) is 10.4. The number of carboxylic acids is 2. The molecule has 1 atom stereocenters. The molecule has 0 radical (unpaired) electrons. The van der Waals surface area contributed by atoms with Gasteiger partial charge in [-0.25, -0.2) is 9.59 Å². The molecule has 6 nitrogen and oxygen atoms in total. The third kappa shape index (κ3) is 1.70. The summed E-state index contributed by atoms with van der Waals surface area (Å²) in [6.45, 7) is 0.402. The highest BCUT2D eigenvalue weighted by Crippen LogP contribution is 2.37. The van der Waals surface area contributed by atoms with Crippen LogP contribution >= 0.6 is 0 Å². The fourth-order valence-corrected chi connectivity index (χ4v) is 1.44. The molecule has 1 fully saturated rings. The maximum Gasteiger partial charge on any atom is 0.336 e. The molecule has 1 saturated heterocycles. The summed E-state index contributed by atoms with van der Waals surface area (Å²) in [7, 11) is 0. The van der Waals surface area contributed by atoms with Crippen molar-refractivity contribution in [1.82, 2.24) is 0 Å². The predicted molar refractivity (Wildman–Crippen MR) is 50.7 cm³/mol. The predicted octanol–water partition coefficient (Wildman–Crippen LogP) is 0.860. The second-order valence-electron chi connectivity index (χ2n) is 3.39. The van der Waals surface area contributed by atoms with E-state index in [9.17, 15) is 14.7 Å². The molecule has 0 bridgehead atoms. The minimum absolute atomic E-state index is 0.259. The minimum atomic E-state index is -1.39. The highest BCUT2D eigenvalue weighted by Gasteiger charge is 2.30. The second-order valence-corrected chi connectivity index (χ2v) is 3.39. The van der Waals surface area contributed by atoms with E-state index in [4.69, 9.17) is 14.9 Å². The van der Waals surface area contributed by atoms with Gasteiger partial charge in [0, 0.05) is 5.56 Å². The van der Waals surface area contributed by atoms with Crippen LogP contribution in [0.1, 0.15) is 32.4 Å². The number of benzene rings is 1. The Morgan fingerprint density at radius 3 is 2.12 bits per heavy atom. The van der Waals surface area contributed by atoms with Crippen molar-refractivity contribution in [2.75, 3.05) is 6.61 Å². The second kappa shape index (κ2) is 3.49. The normalized spacial score (nSPS) is 18.1. The van der Waals surface area contributed by atoms with Crippen LogP contribution in [-0.2, 0) is 4.74 Å².